The Labute approximate surface area is 112 Å². The number of para-hydroxylation sites is 1. The third kappa shape index (κ3) is 3.32. The van der Waals surface area contributed by atoms with Gasteiger partial charge in [-0.25, -0.2) is 4.79 Å². The number of nitrogens with one attached hydrogen (secondary N) is 2. The average molecular weight is 262 g/mol. The van der Waals surface area contributed by atoms with Crippen molar-refractivity contribution in [2.45, 2.75) is 25.8 Å². The molecule has 1 aromatic rings. The number of carbonyl (C=O) groups excluding carboxylic acids is 2. The Morgan fingerprint density at radius 3 is 2.89 bits per heavy atom. The van der Waals surface area contributed by atoms with E-state index in [1.807, 2.05) is 0 Å². The molecular formula is C14H18N2O3. The van der Waals surface area contributed by atoms with Crippen molar-refractivity contribution in [2.24, 2.45) is 0 Å². The van der Waals surface area contributed by atoms with Crippen LogP contribution in [-0.2, 0) is 9.53 Å². The summed E-state index contributed by atoms with van der Waals surface area (Å²) in [7, 11) is 0. The molecule has 1 fully saturated rings. The summed E-state index contributed by atoms with van der Waals surface area (Å²) in [4.78, 5) is 23.8. The molecule has 5 nitrogen and oxygen atoms in total. The average Bonchev–Trinajstić information content (AvgIpc) is 2.93. The van der Waals surface area contributed by atoms with Gasteiger partial charge in [0.2, 0.25) is 5.91 Å². The molecule has 0 aliphatic carbocycles. The molecule has 0 aromatic heterocycles. The van der Waals surface area contributed by atoms with Crippen LogP contribution in [0.1, 0.15) is 30.1 Å². The Bertz CT molecular complexity index is 468. The lowest BCUT2D eigenvalue weighted by Gasteiger charge is -2.13. The van der Waals surface area contributed by atoms with Gasteiger partial charge in [0.1, 0.15) is 0 Å². The monoisotopic (exact) mass is 262 g/mol. The number of benzene rings is 1. The van der Waals surface area contributed by atoms with Crippen molar-refractivity contribution in [3.05, 3.63) is 29.8 Å². The van der Waals surface area contributed by atoms with Crippen LogP contribution in [0, 0.1) is 0 Å². The Morgan fingerprint density at radius 2 is 2.21 bits per heavy atom. The maximum Gasteiger partial charge on any atom is 0.340 e. The number of anilines is 1. The molecule has 5 heteroatoms. The van der Waals surface area contributed by atoms with Crippen molar-refractivity contribution < 1.29 is 14.3 Å². The second kappa shape index (κ2) is 6.33. The van der Waals surface area contributed by atoms with E-state index in [2.05, 4.69) is 10.6 Å². The molecule has 1 amide bonds. The fourth-order valence-electron chi connectivity index (χ4n) is 2.11. The topological polar surface area (TPSA) is 67.4 Å². The molecule has 1 saturated heterocycles. The molecule has 1 heterocycles. The lowest BCUT2D eigenvalue weighted by molar-refractivity contribution is -0.117. The predicted octanol–water partition coefficient (Wildman–Crippen LogP) is 1.55. The Balaban J connectivity index is 2.11. The van der Waals surface area contributed by atoms with Crippen LogP contribution < -0.4 is 10.6 Å². The highest BCUT2D eigenvalue weighted by molar-refractivity contribution is 6.02. The summed E-state index contributed by atoms with van der Waals surface area (Å²) in [6.45, 7) is 2.92. The number of ether oxygens (including phenoxy) is 1. The van der Waals surface area contributed by atoms with Crippen molar-refractivity contribution >= 4 is 17.6 Å². The zero-order valence-corrected chi connectivity index (χ0v) is 10.9. The zero-order valence-electron chi connectivity index (χ0n) is 10.9. The van der Waals surface area contributed by atoms with E-state index in [1.54, 1.807) is 31.2 Å². The number of esters is 1. The van der Waals surface area contributed by atoms with E-state index in [1.165, 1.54) is 0 Å². The van der Waals surface area contributed by atoms with Crippen LogP contribution >= 0.6 is 0 Å². The summed E-state index contributed by atoms with van der Waals surface area (Å²) in [5.41, 5.74) is 0.885. The van der Waals surface area contributed by atoms with E-state index < -0.39 is 5.97 Å². The highest BCUT2D eigenvalue weighted by atomic mass is 16.5. The van der Waals surface area contributed by atoms with Gasteiger partial charge in [0, 0.05) is 0 Å². The fraction of sp³-hybridized carbons (Fsp3) is 0.429. The molecule has 0 unspecified atom stereocenters. The second-order valence-corrected chi connectivity index (χ2v) is 4.40. The van der Waals surface area contributed by atoms with Crippen molar-refractivity contribution in [2.75, 3.05) is 18.5 Å². The standard InChI is InChI=1S/C14H18N2O3/c1-2-19-14(18)10-6-3-4-7-11(10)16-13(17)12-8-5-9-15-12/h3-4,6-7,12,15H,2,5,8-9H2,1H3,(H,16,17)/t12-/m1/s1. The second-order valence-electron chi connectivity index (χ2n) is 4.40. The summed E-state index contributed by atoms with van der Waals surface area (Å²) in [5.74, 6) is -0.521. The molecular weight excluding hydrogens is 244 g/mol. The minimum Gasteiger partial charge on any atom is -0.462 e. The van der Waals surface area contributed by atoms with E-state index in [0.717, 1.165) is 19.4 Å². The number of hydrogen-bond donors (Lipinski definition) is 2. The maximum absolute atomic E-state index is 12.0. The number of amides is 1. The van der Waals surface area contributed by atoms with Gasteiger partial charge in [-0.3, -0.25) is 4.79 Å². The minimum absolute atomic E-state index is 0.103. The summed E-state index contributed by atoms with van der Waals surface area (Å²) in [6, 6.07) is 6.71. The van der Waals surface area contributed by atoms with Crippen molar-refractivity contribution in [1.29, 1.82) is 0 Å². The SMILES string of the molecule is CCOC(=O)c1ccccc1NC(=O)[C@H]1CCCN1. The molecule has 19 heavy (non-hydrogen) atoms. The van der Waals surface area contributed by atoms with Gasteiger partial charge in [-0.15, -0.1) is 0 Å². The van der Waals surface area contributed by atoms with Crippen LogP contribution in [0.5, 0.6) is 0 Å². The van der Waals surface area contributed by atoms with Gasteiger partial charge in [-0.1, -0.05) is 12.1 Å². The summed E-state index contributed by atoms with van der Waals surface area (Å²) in [6.07, 6.45) is 1.82. The first-order valence-electron chi connectivity index (χ1n) is 6.52. The molecule has 1 aromatic carbocycles. The van der Waals surface area contributed by atoms with Gasteiger partial charge < -0.3 is 15.4 Å². The third-order valence-corrected chi connectivity index (χ3v) is 3.06. The smallest absolute Gasteiger partial charge is 0.340 e. The van der Waals surface area contributed by atoms with Crippen LogP contribution in [0.2, 0.25) is 0 Å². The molecule has 2 N–H and O–H groups in total. The summed E-state index contributed by atoms with van der Waals surface area (Å²) < 4.78 is 4.97. The molecule has 2 rings (SSSR count). The molecule has 1 atom stereocenters. The Kier molecular flexibility index (Phi) is 4.52. The molecule has 0 bridgehead atoms. The first-order chi connectivity index (χ1) is 9.22. The minimum atomic E-state index is -0.419. The quantitative estimate of drug-likeness (QED) is 0.808. The van der Waals surface area contributed by atoms with E-state index in [4.69, 9.17) is 4.74 Å². The lowest BCUT2D eigenvalue weighted by Crippen LogP contribution is -2.35. The Morgan fingerprint density at radius 1 is 1.42 bits per heavy atom. The van der Waals surface area contributed by atoms with Gasteiger partial charge in [0.15, 0.2) is 0 Å². The molecule has 1 aliphatic rings. The molecule has 0 saturated carbocycles. The number of carbonyl (C=O) groups is 2. The maximum atomic E-state index is 12.0. The number of rotatable bonds is 4. The third-order valence-electron chi connectivity index (χ3n) is 3.06. The van der Waals surface area contributed by atoms with Crippen LogP contribution in [0.25, 0.3) is 0 Å². The van der Waals surface area contributed by atoms with E-state index in [9.17, 15) is 9.59 Å². The number of hydrogen-bond acceptors (Lipinski definition) is 4. The van der Waals surface area contributed by atoms with E-state index in [0.29, 0.717) is 17.9 Å². The van der Waals surface area contributed by atoms with E-state index in [-0.39, 0.29) is 11.9 Å². The molecule has 1 aliphatic heterocycles. The van der Waals surface area contributed by atoms with Crippen LogP contribution in [-0.4, -0.2) is 31.1 Å². The first-order valence-corrected chi connectivity index (χ1v) is 6.52. The van der Waals surface area contributed by atoms with Gasteiger partial charge in [0.25, 0.3) is 0 Å². The van der Waals surface area contributed by atoms with Gasteiger partial charge in [-0.05, 0) is 38.4 Å². The predicted molar refractivity (Wildman–Crippen MR) is 72.1 cm³/mol. The van der Waals surface area contributed by atoms with Gasteiger partial charge in [0.05, 0.1) is 23.9 Å². The van der Waals surface area contributed by atoms with Gasteiger partial charge in [-0.2, -0.15) is 0 Å². The molecule has 102 valence electrons. The van der Waals surface area contributed by atoms with E-state index >= 15 is 0 Å². The normalized spacial score (nSPS) is 18.1. The summed E-state index contributed by atoms with van der Waals surface area (Å²) >= 11 is 0. The van der Waals surface area contributed by atoms with Crippen molar-refractivity contribution in [3.63, 3.8) is 0 Å². The largest absolute Gasteiger partial charge is 0.462 e. The van der Waals surface area contributed by atoms with Gasteiger partial charge >= 0.3 is 5.97 Å². The summed E-state index contributed by atoms with van der Waals surface area (Å²) in [5, 5.41) is 5.91. The van der Waals surface area contributed by atoms with Crippen molar-refractivity contribution in [3.8, 4) is 0 Å². The zero-order chi connectivity index (χ0) is 13.7. The highest BCUT2D eigenvalue weighted by Gasteiger charge is 2.23. The fourth-order valence-corrected chi connectivity index (χ4v) is 2.11. The van der Waals surface area contributed by atoms with Crippen LogP contribution in [0.15, 0.2) is 24.3 Å². The van der Waals surface area contributed by atoms with Crippen LogP contribution in [0.4, 0.5) is 5.69 Å². The Hall–Kier alpha value is -1.88. The lowest BCUT2D eigenvalue weighted by atomic mass is 10.1. The highest BCUT2D eigenvalue weighted by Crippen LogP contribution is 2.17. The van der Waals surface area contributed by atoms with Crippen LogP contribution in [0.3, 0.4) is 0 Å². The molecule has 0 spiro atoms. The van der Waals surface area contributed by atoms with Crippen molar-refractivity contribution in [1.82, 2.24) is 5.32 Å². The first kappa shape index (κ1) is 13.5. The molecule has 0 radical (unpaired) electrons.